The summed E-state index contributed by atoms with van der Waals surface area (Å²) in [5, 5.41) is 8.63. The maximum atomic E-state index is 12.1. The molecule has 1 aromatic rings. The molecule has 0 spiro atoms. The number of hydrogen-bond acceptors (Lipinski definition) is 4. The van der Waals surface area contributed by atoms with Crippen LogP contribution in [0.2, 0.25) is 0 Å². The lowest BCUT2D eigenvalue weighted by Crippen LogP contribution is -2.19. The highest BCUT2D eigenvalue weighted by Crippen LogP contribution is 2.30. The van der Waals surface area contributed by atoms with Gasteiger partial charge in [0.2, 0.25) is 5.88 Å². The molecule has 0 amide bonds. The molecule has 0 aliphatic rings. The SMILES string of the molecule is COc1cc(OC(F)(F)F)nc(CC(=O)O)c1I. The summed E-state index contributed by atoms with van der Waals surface area (Å²) in [7, 11) is 1.25. The van der Waals surface area contributed by atoms with Gasteiger partial charge in [-0.3, -0.25) is 4.79 Å². The molecule has 0 aliphatic heterocycles. The monoisotopic (exact) mass is 377 g/mol. The summed E-state index contributed by atoms with van der Waals surface area (Å²) in [5.41, 5.74) is -0.0540. The van der Waals surface area contributed by atoms with Gasteiger partial charge in [0.05, 0.1) is 22.8 Å². The predicted molar refractivity (Wildman–Crippen MR) is 61.5 cm³/mol. The molecule has 1 rings (SSSR count). The Balaban J connectivity index is 3.17. The number of carboxylic acids is 1. The summed E-state index contributed by atoms with van der Waals surface area (Å²) < 4.78 is 44.9. The summed E-state index contributed by atoms with van der Waals surface area (Å²) in [5.74, 6) is -1.90. The molecule has 5 nitrogen and oxygen atoms in total. The fourth-order valence-corrected chi connectivity index (χ4v) is 1.80. The van der Waals surface area contributed by atoms with E-state index in [-0.39, 0.29) is 11.4 Å². The van der Waals surface area contributed by atoms with E-state index in [0.29, 0.717) is 3.57 Å². The van der Waals surface area contributed by atoms with Crippen LogP contribution in [0.5, 0.6) is 11.6 Å². The van der Waals surface area contributed by atoms with Crippen LogP contribution in [0.1, 0.15) is 5.69 Å². The third-order valence-electron chi connectivity index (χ3n) is 1.73. The number of aliphatic carboxylic acids is 1. The summed E-state index contributed by atoms with van der Waals surface area (Å²) in [6.07, 6.45) is -5.42. The molecular weight excluding hydrogens is 370 g/mol. The van der Waals surface area contributed by atoms with Gasteiger partial charge in [0.25, 0.3) is 0 Å². The highest BCUT2D eigenvalue weighted by Gasteiger charge is 2.32. The number of alkyl halides is 3. The minimum atomic E-state index is -4.90. The van der Waals surface area contributed by atoms with Crippen LogP contribution in [-0.4, -0.2) is 29.5 Å². The number of methoxy groups -OCH3 is 1. The van der Waals surface area contributed by atoms with Crippen molar-refractivity contribution in [2.24, 2.45) is 0 Å². The molecule has 0 atom stereocenters. The van der Waals surface area contributed by atoms with Crippen LogP contribution in [0.3, 0.4) is 0 Å². The fourth-order valence-electron chi connectivity index (χ4n) is 1.11. The molecule has 0 aliphatic carbocycles. The Morgan fingerprint density at radius 1 is 1.56 bits per heavy atom. The number of carboxylic acid groups (broad SMARTS) is 1. The maximum absolute atomic E-state index is 12.1. The first kappa shape index (κ1) is 14.8. The molecule has 0 bridgehead atoms. The summed E-state index contributed by atoms with van der Waals surface area (Å²) in [6.45, 7) is 0. The molecule has 0 fully saturated rings. The second kappa shape index (κ2) is 5.59. The number of aromatic nitrogens is 1. The Morgan fingerprint density at radius 2 is 2.17 bits per heavy atom. The van der Waals surface area contributed by atoms with E-state index in [0.717, 1.165) is 6.07 Å². The minimum absolute atomic E-state index is 0.0540. The van der Waals surface area contributed by atoms with Crippen LogP contribution in [-0.2, 0) is 11.2 Å². The van der Waals surface area contributed by atoms with Crippen molar-refractivity contribution in [1.29, 1.82) is 0 Å². The molecule has 0 saturated carbocycles. The van der Waals surface area contributed by atoms with Gasteiger partial charge in [-0.25, -0.2) is 4.98 Å². The molecule has 9 heteroatoms. The van der Waals surface area contributed by atoms with Gasteiger partial charge in [0, 0.05) is 6.07 Å². The lowest BCUT2D eigenvalue weighted by atomic mass is 10.2. The summed E-state index contributed by atoms with van der Waals surface area (Å²) in [4.78, 5) is 14.1. The Morgan fingerprint density at radius 3 is 2.61 bits per heavy atom. The number of pyridine rings is 1. The van der Waals surface area contributed by atoms with E-state index >= 15 is 0 Å². The Kier molecular flexibility index (Phi) is 4.59. The Bertz CT molecular complexity index is 464. The zero-order valence-corrected chi connectivity index (χ0v) is 11.1. The van der Waals surface area contributed by atoms with Crippen molar-refractivity contribution in [3.8, 4) is 11.6 Å². The van der Waals surface area contributed by atoms with Gasteiger partial charge in [-0.2, -0.15) is 0 Å². The third-order valence-corrected chi connectivity index (χ3v) is 2.88. The van der Waals surface area contributed by atoms with Crippen molar-refractivity contribution in [3.63, 3.8) is 0 Å². The van der Waals surface area contributed by atoms with E-state index in [1.54, 1.807) is 22.6 Å². The summed E-state index contributed by atoms with van der Waals surface area (Å²) >= 11 is 1.74. The van der Waals surface area contributed by atoms with Crippen molar-refractivity contribution in [3.05, 3.63) is 15.3 Å². The first-order valence-corrected chi connectivity index (χ1v) is 5.51. The van der Waals surface area contributed by atoms with Crippen molar-refractivity contribution in [1.82, 2.24) is 4.98 Å². The second-order valence-corrected chi connectivity index (χ2v) is 4.12. The van der Waals surface area contributed by atoms with Crippen LogP contribution in [0.25, 0.3) is 0 Å². The number of hydrogen-bond donors (Lipinski definition) is 1. The van der Waals surface area contributed by atoms with Gasteiger partial charge < -0.3 is 14.6 Å². The number of ether oxygens (including phenoxy) is 2. The van der Waals surface area contributed by atoms with Crippen LogP contribution >= 0.6 is 22.6 Å². The zero-order chi connectivity index (χ0) is 13.9. The van der Waals surface area contributed by atoms with E-state index in [1.807, 2.05) is 0 Å². The number of carbonyl (C=O) groups is 1. The van der Waals surface area contributed by atoms with Gasteiger partial charge in [0.1, 0.15) is 5.75 Å². The van der Waals surface area contributed by atoms with Gasteiger partial charge in [-0.15, -0.1) is 13.2 Å². The van der Waals surface area contributed by atoms with E-state index in [9.17, 15) is 18.0 Å². The molecule has 1 heterocycles. The predicted octanol–water partition coefficient (Wildman–Crippen LogP) is 2.22. The average Bonchev–Trinajstić information content (AvgIpc) is 2.19. The molecule has 0 unspecified atom stereocenters. The van der Waals surface area contributed by atoms with E-state index in [2.05, 4.69) is 9.72 Å². The molecule has 0 aromatic carbocycles. The third kappa shape index (κ3) is 4.20. The highest BCUT2D eigenvalue weighted by atomic mass is 127. The van der Waals surface area contributed by atoms with Crippen molar-refractivity contribution in [2.75, 3.05) is 7.11 Å². The Labute approximate surface area is 113 Å². The minimum Gasteiger partial charge on any atom is -0.495 e. The zero-order valence-electron chi connectivity index (χ0n) is 8.92. The van der Waals surface area contributed by atoms with Crippen LogP contribution < -0.4 is 9.47 Å². The average molecular weight is 377 g/mol. The largest absolute Gasteiger partial charge is 0.574 e. The standard InChI is InChI=1S/C9H7F3INO4/c1-17-5-3-6(18-9(10,11)12)14-4(8(5)13)2-7(15)16/h3H,2H2,1H3,(H,15,16). The number of nitrogens with zero attached hydrogens (tertiary/aromatic N) is 1. The maximum Gasteiger partial charge on any atom is 0.574 e. The van der Waals surface area contributed by atoms with Crippen LogP contribution in [0.4, 0.5) is 13.2 Å². The summed E-state index contributed by atoms with van der Waals surface area (Å²) in [6, 6.07) is 0.945. The first-order valence-electron chi connectivity index (χ1n) is 4.44. The lowest BCUT2D eigenvalue weighted by molar-refractivity contribution is -0.276. The second-order valence-electron chi connectivity index (χ2n) is 3.04. The van der Waals surface area contributed by atoms with Gasteiger partial charge in [0.15, 0.2) is 0 Å². The van der Waals surface area contributed by atoms with E-state index < -0.39 is 24.6 Å². The van der Waals surface area contributed by atoms with Crippen LogP contribution in [0.15, 0.2) is 6.07 Å². The normalized spacial score (nSPS) is 11.2. The molecule has 0 saturated heterocycles. The quantitative estimate of drug-likeness (QED) is 0.816. The smallest absolute Gasteiger partial charge is 0.495 e. The van der Waals surface area contributed by atoms with Crippen LogP contribution in [0, 0.1) is 3.57 Å². The molecule has 1 N–H and O–H groups in total. The topological polar surface area (TPSA) is 68.7 Å². The van der Waals surface area contributed by atoms with Gasteiger partial charge in [-0.05, 0) is 22.6 Å². The molecule has 18 heavy (non-hydrogen) atoms. The fraction of sp³-hybridized carbons (Fsp3) is 0.333. The van der Waals surface area contributed by atoms with Gasteiger partial charge in [-0.1, -0.05) is 0 Å². The van der Waals surface area contributed by atoms with E-state index in [4.69, 9.17) is 9.84 Å². The molecule has 0 radical (unpaired) electrons. The van der Waals surface area contributed by atoms with Crippen molar-refractivity contribution in [2.45, 2.75) is 12.8 Å². The highest BCUT2D eigenvalue weighted by molar-refractivity contribution is 14.1. The van der Waals surface area contributed by atoms with Crippen molar-refractivity contribution >= 4 is 28.6 Å². The molecule has 1 aromatic heterocycles. The van der Waals surface area contributed by atoms with Crippen molar-refractivity contribution < 1.29 is 32.5 Å². The van der Waals surface area contributed by atoms with Gasteiger partial charge >= 0.3 is 12.3 Å². The number of rotatable bonds is 4. The Hall–Kier alpha value is -1.26. The molecule has 100 valence electrons. The van der Waals surface area contributed by atoms with E-state index in [1.165, 1.54) is 7.11 Å². The first-order chi connectivity index (χ1) is 8.23. The molecular formula is C9H7F3INO4. The lowest BCUT2D eigenvalue weighted by Gasteiger charge is -2.12. The number of halogens is 4.